The molecule has 1 atom stereocenters. The van der Waals surface area contributed by atoms with Crippen LogP contribution in [0.15, 0.2) is 75.0 Å². The molecule has 1 unspecified atom stereocenters. The molecule has 0 bridgehead atoms. The Bertz CT molecular complexity index is 879. The van der Waals surface area contributed by atoms with Crippen LogP contribution in [0.2, 0.25) is 0 Å². The first-order valence-electron chi connectivity index (χ1n) is 7.78. The van der Waals surface area contributed by atoms with Crippen LogP contribution in [0.1, 0.15) is 39.9 Å². The predicted octanol–water partition coefficient (Wildman–Crippen LogP) is 4.17. The zero-order chi connectivity index (χ0) is 16.5. The predicted molar refractivity (Wildman–Crippen MR) is 88.7 cm³/mol. The van der Waals surface area contributed by atoms with E-state index in [9.17, 15) is 4.79 Å². The molecule has 4 rings (SSSR count). The highest BCUT2D eigenvalue weighted by Crippen LogP contribution is 2.34. The minimum atomic E-state index is -0.271. The van der Waals surface area contributed by atoms with Gasteiger partial charge in [0.1, 0.15) is 23.3 Å². The monoisotopic (exact) mass is 320 g/mol. The molecule has 0 aliphatic carbocycles. The molecule has 3 heterocycles. The van der Waals surface area contributed by atoms with Gasteiger partial charge in [0.2, 0.25) is 0 Å². The molecule has 5 heteroatoms. The summed E-state index contributed by atoms with van der Waals surface area (Å²) in [5.74, 6) is 1.24. The molecule has 1 amide bonds. The van der Waals surface area contributed by atoms with E-state index in [1.807, 2.05) is 55.5 Å². The van der Waals surface area contributed by atoms with Crippen molar-refractivity contribution in [3.8, 4) is 0 Å². The van der Waals surface area contributed by atoms with Gasteiger partial charge in [0.15, 0.2) is 0 Å². The van der Waals surface area contributed by atoms with Crippen LogP contribution < -0.4 is 0 Å². The number of hydrogen-bond donors (Lipinski definition) is 0. The maximum absolute atomic E-state index is 13.0. The Kier molecular flexibility index (Phi) is 3.54. The lowest BCUT2D eigenvalue weighted by Gasteiger charge is -2.20. The van der Waals surface area contributed by atoms with Crippen molar-refractivity contribution < 1.29 is 13.6 Å². The van der Waals surface area contributed by atoms with Crippen LogP contribution in [0.25, 0.3) is 0 Å². The van der Waals surface area contributed by atoms with Gasteiger partial charge in [-0.1, -0.05) is 18.2 Å². The van der Waals surface area contributed by atoms with Crippen molar-refractivity contribution in [1.29, 1.82) is 0 Å². The number of nitrogens with zero attached hydrogens (tertiary/aromatic N) is 2. The third-order valence-corrected chi connectivity index (χ3v) is 4.17. The van der Waals surface area contributed by atoms with Crippen molar-refractivity contribution >= 4 is 11.6 Å². The summed E-state index contributed by atoms with van der Waals surface area (Å²) >= 11 is 0. The third kappa shape index (κ3) is 2.44. The molecule has 1 aromatic carbocycles. The molecule has 0 saturated carbocycles. The average Bonchev–Trinajstić information content (AvgIpc) is 3.33. The van der Waals surface area contributed by atoms with Crippen molar-refractivity contribution in [2.75, 3.05) is 0 Å². The summed E-state index contributed by atoms with van der Waals surface area (Å²) in [5.41, 5.74) is 2.30. The molecule has 0 spiro atoms. The molecule has 1 aliphatic heterocycles. The van der Waals surface area contributed by atoms with Gasteiger partial charge in [0.25, 0.3) is 5.91 Å². The first-order valence-corrected chi connectivity index (χ1v) is 7.78. The number of furan rings is 2. The van der Waals surface area contributed by atoms with Crippen molar-refractivity contribution in [1.82, 2.24) is 5.01 Å². The lowest BCUT2D eigenvalue weighted by atomic mass is 10.0. The molecule has 24 heavy (non-hydrogen) atoms. The van der Waals surface area contributed by atoms with E-state index >= 15 is 0 Å². The normalized spacial score (nSPS) is 17.1. The third-order valence-electron chi connectivity index (χ3n) is 4.17. The van der Waals surface area contributed by atoms with E-state index < -0.39 is 0 Å². The lowest BCUT2D eigenvalue weighted by molar-refractivity contribution is 0.0692. The molecule has 0 saturated heterocycles. The summed E-state index contributed by atoms with van der Waals surface area (Å²) < 4.78 is 11.0. The molecule has 0 N–H and O–H groups in total. The van der Waals surface area contributed by atoms with Crippen LogP contribution in [-0.2, 0) is 0 Å². The minimum absolute atomic E-state index is 0.143. The van der Waals surface area contributed by atoms with E-state index in [1.165, 1.54) is 5.01 Å². The molecular weight excluding hydrogens is 304 g/mol. The fourth-order valence-electron chi connectivity index (χ4n) is 2.93. The zero-order valence-corrected chi connectivity index (χ0v) is 13.2. The number of carbonyl (C=O) groups excluding carboxylic acids is 1. The second-order valence-electron chi connectivity index (χ2n) is 5.72. The van der Waals surface area contributed by atoms with Crippen molar-refractivity contribution in [2.24, 2.45) is 5.10 Å². The molecule has 2 aromatic heterocycles. The summed E-state index contributed by atoms with van der Waals surface area (Å²) in [6.45, 7) is 1.92. The lowest BCUT2D eigenvalue weighted by Crippen LogP contribution is -2.27. The van der Waals surface area contributed by atoms with Gasteiger partial charge in [0, 0.05) is 12.0 Å². The quantitative estimate of drug-likeness (QED) is 0.727. The number of benzene rings is 1. The Balaban J connectivity index is 1.74. The van der Waals surface area contributed by atoms with Crippen LogP contribution >= 0.6 is 0 Å². The molecule has 1 aliphatic rings. The first-order chi connectivity index (χ1) is 11.7. The highest BCUT2D eigenvalue weighted by molar-refractivity contribution is 6.03. The summed E-state index contributed by atoms with van der Waals surface area (Å²) in [5, 5.41) is 6.03. The minimum Gasteiger partial charge on any atom is -0.467 e. The second-order valence-corrected chi connectivity index (χ2v) is 5.72. The molecule has 120 valence electrons. The zero-order valence-electron chi connectivity index (χ0n) is 13.2. The molecular formula is C19H16N2O3. The van der Waals surface area contributed by atoms with Crippen LogP contribution in [0, 0.1) is 6.92 Å². The van der Waals surface area contributed by atoms with E-state index in [0.717, 1.165) is 11.3 Å². The van der Waals surface area contributed by atoms with Gasteiger partial charge in [-0.25, -0.2) is 5.01 Å². The van der Waals surface area contributed by atoms with Gasteiger partial charge in [-0.3, -0.25) is 4.79 Å². The van der Waals surface area contributed by atoms with E-state index in [0.29, 0.717) is 23.5 Å². The number of hydrazone groups is 1. The SMILES string of the molecule is Cc1ccccc1C(=O)N1N=C(c2ccco2)CC1c1ccco1. The number of aryl methyl sites for hydroxylation is 1. The van der Waals surface area contributed by atoms with E-state index in [1.54, 1.807) is 12.5 Å². The fourth-order valence-corrected chi connectivity index (χ4v) is 2.93. The van der Waals surface area contributed by atoms with Crippen LogP contribution in [0.3, 0.4) is 0 Å². The van der Waals surface area contributed by atoms with E-state index in [2.05, 4.69) is 5.10 Å². The summed E-state index contributed by atoms with van der Waals surface area (Å²) in [4.78, 5) is 13.0. The second kappa shape index (κ2) is 5.85. The maximum Gasteiger partial charge on any atom is 0.274 e. The van der Waals surface area contributed by atoms with Gasteiger partial charge in [-0.2, -0.15) is 5.10 Å². The van der Waals surface area contributed by atoms with Crippen molar-refractivity contribution in [3.63, 3.8) is 0 Å². The standard InChI is InChI=1S/C19H16N2O3/c1-13-6-2-3-7-14(13)19(22)21-16(18-9-5-11-24-18)12-15(20-21)17-8-4-10-23-17/h2-11,16H,12H2,1H3. The highest BCUT2D eigenvalue weighted by Gasteiger charge is 2.36. The smallest absolute Gasteiger partial charge is 0.274 e. The summed E-state index contributed by atoms with van der Waals surface area (Å²) in [7, 11) is 0. The number of amides is 1. The van der Waals surface area contributed by atoms with Crippen LogP contribution in [0.5, 0.6) is 0 Å². The van der Waals surface area contributed by atoms with Gasteiger partial charge in [-0.05, 0) is 42.8 Å². The Morgan fingerprint density at radius 1 is 1.08 bits per heavy atom. The molecule has 0 fully saturated rings. The number of rotatable bonds is 3. The number of carbonyl (C=O) groups is 1. The van der Waals surface area contributed by atoms with Crippen LogP contribution in [-0.4, -0.2) is 16.6 Å². The average molecular weight is 320 g/mol. The van der Waals surface area contributed by atoms with Gasteiger partial charge in [-0.15, -0.1) is 0 Å². The molecule has 5 nitrogen and oxygen atoms in total. The first kappa shape index (κ1) is 14.5. The maximum atomic E-state index is 13.0. The number of hydrogen-bond acceptors (Lipinski definition) is 4. The molecule has 3 aromatic rings. The van der Waals surface area contributed by atoms with E-state index in [-0.39, 0.29) is 11.9 Å². The van der Waals surface area contributed by atoms with Gasteiger partial charge in [0.05, 0.1) is 12.5 Å². The fraction of sp³-hybridized carbons (Fsp3) is 0.158. The largest absolute Gasteiger partial charge is 0.467 e. The van der Waals surface area contributed by atoms with Gasteiger partial charge >= 0.3 is 0 Å². The summed E-state index contributed by atoms with van der Waals surface area (Å²) in [6, 6.07) is 14.6. The highest BCUT2D eigenvalue weighted by atomic mass is 16.3. The van der Waals surface area contributed by atoms with E-state index in [4.69, 9.17) is 8.83 Å². The van der Waals surface area contributed by atoms with Crippen molar-refractivity contribution in [2.45, 2.75) is 19.4 Å². The topological polar surface area (TPSA) is 59.0 Å². The molecule has 0 radical (unpaired) electrons. The van der Waals surface area contributed by atoms with Gasteiger partial charge < -0.3 is 8.83 Å². The Morgan fingerprint density at radius 2 is 1.88 bits per heavy atom. The summed E-state index contributed by atoms with van der Waals surface area (Å²) in [6.07, 6.45) is 3.76. The Morgan fingerprint density at radius 3 is 2.58 bits per heavy atom. The Hall–Kier alpha value is -3.08. The van der Waals surface area contributed by atoms with Crippen LogP contribution in [0.4, 0.5) is 0 Å². The Labute approximate surface area is 139 Å². The van der Waals surface area contributed by atoms with Crippen molar-refractivity contribution in [3.05, 3.63) is 83.7 Å².